The number of aryl methyl sites for hydroxylation is 2. The molecule has 1 unspecified atom stereocenters. The molecule has 0 bridgehead atoms. The quantitative estimate of drug-likeness (QED) is 0.741. The summed E-state index contributed by atoms with van der Waals surface area (Å²) in [7, 11) is 5.77. The Bertz CT molecular complexity index is 737. The number of nitrogens with zero attached hydrogens (tertiary/aromatic N) is 3. The Morgan fingerprint density at radius 2 is 2.08 bits per heavy atom. The van der Waals surface area contributed by atoms with E-state index in [4.69, 9.17) is 0 Å². The van der Waals surface area contributed by atoms with Gasteiger partial charge < -0.3 is 20.6 Å². The lowest BCUT2D eigenvalue weighted by Gasteiger charge is -2.22. The van der Waals surface area contributed by atoms with Crippen LogP contribution in [0.15, 0.2) is 30.6 Å². The number of aliphatic hydroxyl groups is 1. The summed E-state index contributed by atoms with van der Waals surface area (Å²) in [4.78, 5) is 14.1. The molecule has 1 heterocycles. The average Bonchev–Trinajstić information content (AvgIpc) is 2.99. The molecular weight excluding hydrogens is 318 g/mol. The molecule has 0 aliphatic rings. The van der Waals surface area contributed by atoms with Gasteiger partial charge in [0, 0.05) is 45.1 Å². The van der Waals surface area contributed by atoms with E-state index in [1.807, 2.05) is 38.1 Å². The smallest absolute Gasteiger partial charge is 0.315 e. The van der Waals surface area contributed by atoms with Gasteiger partial charge in [0.1, 0.15) is 5.60 Å². The average molecular weight is 345 g/mol. The van der Waals surface area contributed by atoms with E-state index < -0.39 is 5.60 Å². The van der Waals surface area contributed by atoms with E-state index >= 15 is 0 Å². The lowest BCUT2D eigenvalue weighted by Crippen LogP contribution is -2.43. The molecule has 2 rings (SSSR count). The van der Waals surface area contributed by atoms with Crippen LogP contribution in [-0.4, -0.2) is 41.6 Å². The topological polar surface area (TPSA) is 82.4 Å². The summed E-state index contributed by atoms with van der Waals surface area (Å²) < 4.78 is 1.62. The number of hydrogen-bond acceptors (Lipinski definition) is 4. The van der Waals surface area contributed by atoms with E-state index in [1.165, 1.54) is 0 Å². The maximum atomic E-state index is 12.0. The number of rotatable bonds is 6. The van der Waals surface area contributed by atoms with Crippen molar-refractivity contribution in [2.24, 2.45) is 7.05 Å². The first-order valence-corrected chi connectivity index (χ1v) is 8.19. The predicted octanol–water partition coefficient (Wildman–Crippen LogP) is 1.50. The van der Waals surface area contributed by atoms with Crippen molar-refractivity contribution < 1.29 is 9.90 Å². The number of anilines is 1. The van der Waals surface area contributed by atoms with Gasteiger partial charge in [-0.1, -0.05) is 6.07 Å². The standard InChI is InChI=1S/C18H27N5O2/c1-13-8-16(22(3)4)7-6-14(13)9-19-17(24)20-12-18(2,25)15-10-21-23(5)11-15/h6-8,10-11,25H,9,12H2,1-5H3,(H2,19,20,24). The molecule has 7 nitrogen and oxygen atoms in total. The van der Waals surface area contributed by atoms with Gasteiger partial charge in [-0.3, -0.25) is 4.68 Å². The summed E-state index contributed by atoms with van der Waals surface area (Å²) in [5.41, 5.74) is 2.78. The number of carbonyl (C=O) groups is 1. The third kappa shape index (κ3) is 4.96. The van der Waals surface area contributed by atoms with Crippen molar-refractivity contribution in [1.29, 1.82) is 0 Å². The molecule has 136 valence electrons. The minimum atomic E-state index is -1.17. The maximum absolute atomic E-state index is 12.0. The minimum Gasteiger partial charge on any atom is -0.383 e. The van der Waals surface area contributed by atoms with Gasteiger partial charge in [-0.2, -0.15) is 5.10 Å². The van der Waals surface area contributed by atoms with Gasteiger partial charge in [-0.25, -0.2) is 4.79 Å². The molecule has 0 spiro atoms. The second-order valence-corrected chi connectivity index (χ2v) is 6.72. The summed E-state index contributed by atoms with van der Waals surface area (Å²) in [5.74, 6) is 0. The van der Waals surface area contributed by atoms with E-state index in [2.05, 4.69) is 21.8 Å². The molecule has 3 N–H and O–H groups in total. The van der Waals surface area contributed by atoms with E-state index in [0.717, 1.165) is 16.8 Å². The highest BCUT2D eigenvalue weighted by molar-refractivity contribution is 5.74. The number of hydrogen-bond donors (Lipinski definition) is 3. The molecule has 0 aliphatic carbocycles. The zero-order valence-corrected chi connectivity index (χ0v) is 15.5. The molecule has 2 amide bonds. The zero-order valence-electron chi connectivity index (χ0n) is 15.5. The monoisotopic (exact) mass is 345 g/mol. The summed E-state index contributed by atoms with van der Waals surface area (Å²) in [6.45, 7) is 4.20. The van der Waals surface area contributed by atoms with Gasteiger partial charge in [0.05, 0.1) is 12.7 Å². The van der Waals surface area contributed by atoms with Crippen LogP contribution in [0.4, 0.5) is 10.5 Å². The molecule has 1 aromatic heterocycles. The third-order valence-electron chi connectivity index (χ3n) is 4.20. The van der Waals surface area contributed by atoms with Gasteiger partial charge >= 0.3 is 6.03 Å². The lowest BCUT2D eigenvalue weighted by molar-refractivity contribution is 0.0593. The second kappa shape index (κ2) is 7.57. The van der Waals surface area contributed by atoms with Crippen LogP contribution in [0.1, 0.15) is 23.6 Å². The molecule has 0 radical (unpaired) electrons. The molecule has 1 aromatic carbocycles. The van der Waals surface area contributed by atoms with Crippen molar-refractivity contribution in [3.63, 3.8) is 0 Å². The fourth-order valence-electron chi connectivity index (χ4n) is 2.45. The molecule has 0 saturated carbocycles. The maximum Gasteiger partial charge on any atom is 0.315 e. The van der Waals surface area contributed by atoms with Crippen molar-refractivity contribution in [3.8, 4) is 0 Å². The van der Waals surface area contributed by atoms with Crippen molar-refractivity contribution in [3.05, 3.63) is 47.3 Å². The van der Waals surface area contributed by atoms with Crippen LogP contribution >= 0.6 is 0 Å². The van der Waals surface area contributed by atoms with Crippen LogP contribution in [0, 0.1) is 6.92 Å². The van der Waals surface area contributed by atoms with E-state index in [-0.39, 0.29) is 12.6 Å². The summed E-state index contributed by atoms with van der Waals surface area (Å²) in [5, 5.41) is 20.0. The van der Waals surface area contributed by atoms with Crippen LogP contribution < -0.4 is 15.5 Å². The van der Waals surface area contributed by atoms with Crippen molar-refractivity contribution >= 4 is 11.7 Å². The number of benzene rings is 1. The molecule has 7 heteroatoms. The highest BCUT2D eigenvalue weighted by Gasteiger charge is 2.25. The Morgan fingerprint density at radius 3 is 2.64 bits per heavy atom. The SMILES string of the molecule is Cc1cc(N(C)C)ccc1CNC(=O)NCC(C)(O)c1cnn(C)c1. The minimum absolute atomic E-state index is 0.100. The molecule has 1 atom stereocenters. The highest BCUT2D eigenvalue weighted by Crippen LogP contribution is 2.19. The molecular formula is C18H27N5O2. The van der Waals surface area contributed by atoms with Crippen LogP contribution in [0.25, 0.3) is 0 Å². The summed E-state index contributed by atoms with van der Waals surface area (Å²) >= 11 is 0. The molecule has 0 aliphatic heterocycles. The first-order valence-electron chi connectivity index (χ1n) is 8.19. The van der Waals surface area contributed by atoms with E-state index in [1.54, 1.807) is 31.0 Å². The Kier molecular flexibility index (Phi) is 5.69. The van der Waals surface area contributed by atoms with Gasteiger partial charge in [-0.05, 0) is 37.1 Å². The molecule has 2 aromatic rings. The number of carbonyl (C=O) groups excluding carboxylic acids is 1. The fourth-order valence-corrected chi connectivity index (χ4v) is 2.45. The number of aromatic nitrogens is 2. The summed E-state index contributed by atoms with van der Waals surface area (Å²) in [6.07, 6.45) is 3.32. The normalized spacial score (nSPS) is 13.2. The van der Waals surface area contributed by atoms with Crippen LogP contribution in [0.2, 0.25) is 0 Å². The Morgan fingerprint density at radius 1 is 1.36 bits per heavy atom. The van der Waals surface area contributed by atoms with E-state index in [0.29, 0.717) is 12.1 Å². The van der Waals surface area contributed by atoms with Gasteiger partial charge in [0.25, 0.3) is 0 Å². The molecule has 0 fully saturated rings. The van der Waals surface area contributed by atoms with Crippen LogP contribution in [-0.2, 0) is 19.2 Å². The van der Waals surface area contributed by atoms with Crippen LogP contribution in [0.3, 0.4) is 0 Å². The number of nitrogens with one attached hydrogen (secondary N) is 2. The van der Waals surface area contributed by atoms with Gasteiger partial charge in [0.2, 0.25) is 0 Å². The van der Waals surface area contributed by atoms with Gasteiger partial charge in [0.15, 0.2) is 0 Å². The second-order valence-electron chi connectivity index (χ2n) is 6.72. The summed E-state index contributed by atoms with van der Waals surface area (Å²) in [6, 6.07) is 5.80. The number of amides is 2. The largest absolute Gasteiger partial charge is 0.383 e. The predicted molar refractivity (Wildman–Crippen MR) is 98.5 cm³/mol. The van der Waals surface area contributed by atoms with Crippen molar-refractivity contribution in [2.45, 2.75) is 26.0 Å². The highest BCUT2D eigenvalue weighted by atomic mass is 16.3. The van der Waals surface area contributed by atoms with Crippen molar-refractivity contribution in [2.75, 3.05) is 25.5 Å². The van der Waals surface area contributed by atoms with Gasteiger partial charge in [-0.15, -0.1) is 0 Å². The zero-order chi connectivity index (χ0) is 18.6. The Labute approximate surface area is 148 Å². The lowest BCUT2D eigenvalue weighted by atomic mass is 10.00. The third-order valence-corrected chi connectivity index (χ3v) is 4.20. The molecule has 25 heavy (non-hydrogen) atoms. The first kappa shape index (κ1) is 18.8. The van der Waals surface area contributed by atoms with Crippen LogP contribution in [0.5, 0.6) is 0 Å². The Hall–Kier alpha value is -2.54. The number of urea groups is 1. The fraction of sp³-hybridized carbons (Fsp3) is 0.444. The van der Waals surface area contributed by atoms with Crippen molar-refractivity contribution in [1.82, 2.24) is 20.4 Å². The molecule has 0 saturated heterocycles. The Balaban J connectivity index is 1.87. The first-order chi connectivity index (χ1) is 11.7. The van der Waals surface area contributed by atoms with E-state index in [9.17, 15) is 9.90 Å².